The van der Waals surface area contributed by atoms with Gasteiger partial charge in [-0.25, -0.2) is 0 Å². The van der Waals surface area contributed by atoms with Crippen LogP contribution in [0.15, 0.2) is 0 Å². The van der Waals surface area contributed by atoms with Crippen molar-refractivity contribution in [3.8, 4) is 0 Å². The molecule has 0 aromatic rings. The maximum absolute atomic E-state index is 10.9. The molecule has 0 aliphatic carbocycles. The van der Waals surface area contributed by atoms with Crippen LogP contribution in [-0.2, 0) is 33.2 Å². The number of aliphatic hydroxyl groups excluding tert-OH is 14. The van der Waals surface area contributed by atoms with Gasteiger partial charge in [-0.1, -0.05) is 0 Å². The van der Waals surface area contributed by atoms with Crippen LogP contribution in [0.2, 0.25) is 0 Å². The molecule has 14 N–H and O–H groups in total. The average Bonchev–Trinajstić information content (AvgIpc) is 3.03. The van der Waals surface area contributed by atoms with Crippen LogP contribution in [0.5, 0.6) is 0 Å². The highest BCUT2D eigenvalue weighted by Crippen LogP contribution is 2.33. The van der Waals surface area contributed by atoms with Gasteiger partial charge in [-0.05, 0) is 0 Å². The normalized spacial score (nSPS) is 52.9. The van der Waals surface area contributed by atoms with E-state index in [2.05, 4.69) is 0 Å². The fourth-order valence-corrected chi connectivity index (χ4v) is 5.44. The molecule has 0 aromatic carbocycles. The SMILES string of the molecule is OC[C@H]1O[C@H](OC[C@H]2O[C@@H](O)[C@@H](O)[C@@H](O)[C@@H]2O[C@H]2O[C@H](CO)[C@@H](O[C@@H]3O[C@H](CO)[C@@H](O)[C@H](O)[C@@H]3O)[C@H](O)[C@@H]2O)[C@H](O)[C@@H](O)[C@H]1O. The van der Waals surface area contributed by atoms with E-state index in [0.29, 0.717) is 0 Å². The Labute approximate surface area is 254 Å². The van der Waals surface area contributed by atoms with Crippen molar-refractivity contribution in [2.24, 2.45) is 0 Å². The summed E-state index contributed by atoms with van der Waals surface area (Å²) in [5, 5.41) is 142. The van der Waals surface area contributed by atoms with E-state index in [0.717, 1.165) is 0 Å². The van der Waals surface area contributed by atoms with Crippen molar-refractivity contribution >= 4 is 0 Å². The molecule has 0 bridgehead atoms. The predicted octanol–water partition coefficient (Wildman–Crippen LogP) is -9.75. The van der Waals surface area contributed by atoms with Crippen LogP contribution in [0.25, 0.3) is 0 Å². The maximum atomic E-state index is 10.9. The summed E-state index contributed by atoms with van der Waals surface area (Å²) >= 11 is 0. The molecule has 4 aliphatic rings. The largest absolute Gasteiger partial charge is 0.394 e. The lowest BCUT2D eigenvalue weighted by atomic mass is 9.96. The number of rotatable bonds is 10. The van der Waals surface area contributed by atoms with E-state index in [1.165, 1.54) is 0 Å². The molecule has 0 aromatic heterocycles. The summed E-state index contributed by atoms with van der Waals surface area (Å²) in [5.74, 6) is 0. The van der Waals surface area contributed by atoms with Gasteiger partial charge in [-0.3, -0.25) is 0 Å². The lowest BCUT2D eigenvalue weighted by Crippen LogP contribution is -2.66. The van der Waals surface area contributed by atoms with Crippen LogP contribution >= 0.6 is 0 Å². The average molecular weight is 667 g/mol. The Kier molecular flexibility index (Phi) is 12.8. The highest BCUT2D eigenvalue weighted by Gasteiger charge is 2.54. The zero-order valence-electron chi connectivity index (χ0n) is 23.5. The van der Waals surface area contributed by atoms with E-state index < -0.39 is 149 Å². The molecule has 0 saturated carbocycles. The second kappa shape index (κ2) is 15.6. The molecule has 264 valence electrons. The van der Waals surface area contributed by atoms with Crippen LogP contribution < -0.4 is 0 Å². The summed E-state index contributed by atoms with van der Waals surface area (Å²) in [4.78, 5) is 0. The Morgan fingerprint density at radius 3 is 1.29 bits per heavy atom. The topological polar surface area (TPSA) is 348 Å². The van der Waals surface area contributed by atoms with Crippen molar-refractivity contribution in [1.82, 2.24) is 0 Å². The van der Waals surface area contributed by atoms with Gasteiger partial charge < -0.3 is 105 Å². The van der Waals surface area contributed by atoms with Crippen LogP contribution in [0.4, 0.5) is 0 Å². The lowest BCUT2D eigenvalue weighted by Gasteiger charge is -2.48. The summed E-state index contributed by atoms with van der Waals surface area (Å²) in [6, 6.07) is 0. The summed E-state index contributed by atoms with van der Waals surface area (Å²) in [6.45, 7) is -3.15. The second-order valence-corrected chi connectivity index (χ2v) is 11.2. The monoisotopic (exact) mass is 666 g/mol. The molecule has 0 spiro atoms. The molecule has 20 atom stereocenters. The molecular weight excluding hydrogens is 624 g/mol. The third-order valence-corrected chi connectivity index (χ3v) is 8.18. The van der Waals surface area contributed by atoms with E-state index in [4.69, 9.17) is 33.2 Å². The van der Waals surface area contributed by atoms with Gasteiger partial charge in [0.1, 0.15) is 97.7 Å². The van der Waals surface area contributed by atoms with Crippen LogP contribution in [0.1, 0.15) is 0 Å². The maximum Gasteiger partial charge on any atom is 0.187 e. The molecule has 4 rings (SSSR count). The molecule has 4 aliphatic heterocycles. The molecule has 0 radical (unpaired) electrons. The quantitative estimate of drug-likeness (QED) is 0.103. The summed E-state index contributed by atoms with van der Waals surface area (Å²) < 4.78 is 37.8. The Morgan fingerprint density at radius 2 is 0.778 bits per heavy atom. The van der Waals surface area contributed by atoms with Crippen LogP contribution in [0.3, 0.4) is 0 Å². The fourth-order valence-electron chi connectivity index (χ4n) is 5.44. The van der Waals surface area contributed by atoms with E-state index >= 15 is 0 Å². The van der Waals surface area contributed by atoms with Gasteiger partial charge in [-0.2, -0.15) is 0 Å². The Hall–Kier alpha value is -0.840. The zero-order valence-corrected chi connectivity index (χ0v) is 23.5. The van der Waals surface area contributed by atoms with Crippen LogP contribution in [-0.4, -0.2) is 221 Å². The highest BCUT2D eigenvalue weighted by atomic mass is 16.8. The Balaban J connectivity index is 1.45. The first kappa shape index (κ1) is 37.0. The lowest BCUT2D eigenvalue weighted by molar-refractivity contribution is -0.380. The standard InChI is InChI=1S/C24H42O21/c25-1-5-9(28)11(30)16(35)22(41-5)39-4-8-20(13(32)15(34)21(38)40-8)45-24-18(37)14(33)19(7(3-27)43-24)44-23-17(36)12(31)10(29)6(2-26)42-23/h5-38H,1-4H2/t5-,6-,7-,8-,9+,10-,11+,12+,13-,14-,15+,16-,17+,18+,19-,20-,21-,22+,23+,24-/m1/s1. The van der Waals surface area contributed by atoms with Crippen LogP contribution in [0, 0.1) is 0 Å². The van der Waals surface area contributed by atoms with E-state index in [1.807, 2.05) is 0 Å². The predicted molar refractivity (Wildman–Crippen MR) is 134 cm³/mol. The summed E-state index contributed by atoms with van der Waals surface area (Å²) in [5.41, 5.74) is 0. The minimum Gasteiger partial charge on any atom is -0.394 e. The summed E-state index contributed by atoms with van der Waals surface area (Å²) in [6.07, 6.45) is -35.2. The molecule has 45 heavy (non-hydrogen) atoms. The van der Waals surface area contributed by atoms with Crippen molar-refractivity contribution in [1.29, 1.82) is 0 Å². The number of aliphatic hydroxyl groups is 14. The molecule has 21 nitrogen and oxygen atoms in total. The number of ether oxygens (including phenoxy) is 7. The van der Waals surface area contributed by atoms with Crippen molar-refractivity contribution in [3.05, 3.63) is 0 Å². The van der Waals surface area contributed by atoms with Crippen molar-refractivity contribution in [2.45, 2.75) is 123 Å². The molecule has 4 saturated heterocycles. The molecule has 21 heteroatoms. The second-order valence-electron chi connectivity index (χ2n) is 11.2. The van der Waals surface area contributed by atoms with Crippen molar-refractivity contribution < 1.29 is 105 Å². The molecular formula is C24H42O21. The van der Waals surface area contributed by atoms with Gasteiger partial charge in [0, 0.05) is 0 Å². The first-order valence-corrected chi connectivity index (χ1v) is 14.1. The first-order valence-electron chi connectivity index (χ1n) is 14.1. The van der Waals surface area contributed by atoms with Gasteiger partial charge in [0.05, 0.1) is 26.4 Å². The number of hydrogen-bond acceptors (Lipinski definition) is 21. The fraction of sp³-hybridized carbons (Fsp3) is 1.00. The van der Waals surface area contributed by atoms with E-state index in [9.17, 15) is 71.5 Å². The van der Waals surface area contributed by atoms with Gasteiger partial charge >= 0.3 is 0 Å². The summed E-state index contributed by atoms with van der Waals surface area (Å²) in [7, 11) is 0. The highest BCUT2D eigenvalue weighted by molar-refractivity contribution is 4.97. The van der Waals surface area contributed by atoms with E-state index in [-0.39, 0.29) is 0 Å². The smallest absolute Gasteiger partial charge is 0.187 e. The third kappa shape index (κ3) is 7.59. The first-order chi connectivity index (χ1) is 21.2. The minimum absolute atomic E-state index is 0.703. The third-order valence-electron chi connectivity index (χ3n) is 8.18. The zero-order chi connectivity index (χ0) is 33.3. The van der Waals surface area contributed by atoms with Gasteiger partial charge in [-0.15, -0.1) is 0 Å². The minimum atomic E-state index is -2.04. The molecule has 4 heterocycles. The van der Waals surface area contributed by atoms with Gasteiger partial charge in [0.2, 0.25) is 0 Å². The Morgan fingerprint density at radius 1 is 0.378 bits per heavy atom. The molecule has 0 unspecified atom stereocenters. The van der Waals surface area contributed by atoms with Gasteiger partial charge in [0.25, 0.3) is 0 Å². The van der Waals surface area contributed by atoms with Crippen molar-refractivity contribution in [2.75, 3.05) is 26.4 Å². The number of hydrogen-bond donors (Lipinski definition) is 14. The van der Waals surface area contributed by atoms with Crippen molar-refractivity contribution in [3.63, 3.8) is 0 Å². The Bertz CT molecular complexity index is 912. The molecule has 0 amide bonds. The molecule has 4 fully saturated rings. The van der Waals surface area contributed by atoms with Gasteiger partial charge in [0.15, 0.2) is 25.2 Å². The van der Waals surface area contributed by atoms with E-state index in [1.54, 1.807) is 0 Å².